The van der Waals surface area contributed by atoms with Crippen molar-refractivity contribution >= 4 is 23.2 Å². The first-order valence-electron chi connectivity index (χ1n) is 7.72. The molecule has 6 nitrogen and oxygen atoms in total. The minimum atomic E-state index is -0.541. The zero-order valence-electron chi connectivity index (χ0n) is 13.5. The van der Waals surface area contributed by atoms with Gasteiger partial charge in [-0.3, -0.25) is 9.59 Å². The first kappa shape index (κ1) is 15.9. The number of fused-ring (bicyclic) bond motifs is 1. The molecule has 6 heteroatoms. The summed E-state index contributed by atoms with van der Waals surface area (Å²) < 4.78 is 10.8. The highest BCUT2D eigenvalue weighted by Gasteiger charge is 2.24. The Hall–Kier alpha value is -3.02. The average Bonchev–Trinajstić information content (AvgIpc) is 2.57. The number of ether oxygens (including phenoxy) is 2. The second kappa shape index (κ2) is 6.62. The molecular weight excluding hydrogens is 308 g/mol. The highest BCUT2D eigenvalue weighted by atomic mass is 16.5. The molecule has 2 aromatic rings. The van der Waals surface area contributed by atoms with E-state index in [-0.39, 0.29) is 11.8 Å². The van der Waals surface area contributed by atoms with Crippen molar-refractivity contribution < 1.29 is 19.1 Å². The predicted octanol–water partition coefficient (Wildman–Crippen LogP) is 3.06. The number of hydrogen-bond acceptors (Lipinski definition) is 4. The van der Waals surface area contributed by atoms with Gasteiger partial charge in [0.15, 0.2) is 6.10 Å². The molecule has 124 valence electrons. The molecule has 2 N–H and O–H groups in total. The maximum atomic E-state index is 12.4. The van der Waals surface area contributed by atoms with Crippen molar-refractivity contribution in [3.63, 3.8) is 0 Å². The van der Waals surface area contributed by atoms with E-state index in [1.54, 1.807) is 49.4 Å². The Bertz CT molecular complexity index is 771. The molecule has 1 aliphatic heterocycles. The fraction of sp³-hybridized carbons (Fsp3) is 0.222. The van der Waals surface area contributed by atoms with Gasteiger partial charge in [-0.25, -0.2) is 0 Å². The molecule has 1 atom stereocenters. The van der Waals surface area contributed by atoms with Gasteiger partial charge in [0.05, 0.1) is 12.3 Å². The third-order valence-electron chi connectivity index (χ3n) is 3.60. The van der Waals surface area contributed by atoms with Gasteiger partial charge in [0, 0.05) is 11.3 Å². The fourth-order valence-electron chi connectivity index (χ4n) is 2.35. The van der Waals surface area contributed by atoms with E-state index in [1.165, 1.54) is 0 Å². The molecule has 0 bridgehead atoms. The molecule has 0 aromatic heterocycles. The number of nitrogens with one attached hydrogen (secondary N) is 2. The Balaban J connectivity index is 1.73. The normalized spacial score (nSPS) is 15.8. The lowest BCUT2D eigenvalue weighted by Crippen LogP contribution is -2.34. The highest BCUT2D eigenvalue weighted by molar-refractivity contribution is 6.06. The van der Waals surface area contributed by atoms with Gasteiger partial charge in [0.2, 0.25) is 0 Å². The van der Waals surface area contributed by atoms with Crippen LogP contribution in [0.2, 0.25) is 0 Å². The number of anilines is 2. The lowest BCUT2D eigenvalue weighted by atomic mass is 10.1. The smallest absolute Gasteiger partial charge is 0.265 e. The van der Waals surface area contributed by atoms with Gasteiger partial charge >= 0.3 is 0 Å². The molecule has 1 unspecified atom stereocenters. The Morgan fingerprint density at radius 2 is 2.00 bits per heavy atom. The van der Waals surface area contributed by atoms with Gasteiger partial charge < -0.3 is 20.1 Å². The summed E-state index contributed by atoms with van der Waals surface area (Å²) in [6, 6.07) is 12.1. The Kier molecular flexibility index (Phi) is 4.37. The van der Waals surface area contributed by atoms with Crippen LogP contribution < -0.4 is 20.1 Å². The summed E-state index contributed by atoms with van der Waals surface area (Å²) in [5.74, 6) is 0.805. The van der Waals surface area contributed by atoms with Crippen molar-refractivity contribution in [1.82, 2.24) is 0 Å². The minimum absolute atomic E-state index is 0.230. The first-order valence-corrected chi connectivity index (χ1v) is 7.72. The number of carbonyl (C=O) groups excluding carboxylic acids is 2. The Morgan fingerprint density at radius 3 is 2.71 bits per heavy atom. The molecule has 2 aromatic carbocycles. The van der Waals surface area contributed by atoms with Crippen LogP contribution in [0.4, 0.5) is 11.4 Å². The quantitative estimate of drug-likeness (QED) is 0.905. The van der Waals surface area contributed by atoms with E-state index in [1.807, 2.05) is 6.92 Å². The predicted molar refractivity (Wildman–Crippen MR) is 90.7 cm³/mol. The van der Waals surface area contributed by atoms with E-state index >= 15 is 0 Å². The van der Waals surface area contributed by atoms with E-state index in [0.717, 1.165) is 5.75 Å². The van der Waals surface area contributed by atoms with Gasteiger partial charge in [-0.1, -0.05) is 0 Å². The standard InChI is InChI=1S/C18H18N2O4/c1-3-23-14-7-5-13(6-8-14)19-18(22)12-4-9-16-15(10-12)20-17(21)11(2)24-16/h4-11H,3H2,1-2H3,(H,19,22)(H,20,21). The highest BCUT2D eigenvalue weighted by Crippen LogP contribution is 2.30. The monoisotopic (exact) mass is 326 g/mol. The van der Waals surface area contributed by atoms with Crippen molar-refractivity contribution in [2.24, 2.45) is 0 Å². The average molecular weight is 326 g/mol. The first-order chi connectivity index (χ1) is 11.6. The largest absolute Gasteiger partial charge is 0.494 e. The summed E-state index contributed by atoms with van der Waals surface area (Å²) in [7, 11) is 0. The van der Waals surface area contributed by atoms with E-state index in [2.05, 4.69) is 10.6 Å². The number of rotatable bonds is 4. The second-order valence-corrected chi connectivity index (χ2v) is 5.37. The SMILES string of the molecule is CCOc1ccc(NC(=O)c2ccc3c(c2)NC(=O)C(C)O3)cc1. The van der Waals surface area contributed by atoms with Crippen molar-refractivity contribution in [2.75, 3.05) is 17.2 Å². The molecule has 0 aliphatic carbocycles. The topological polar surface area (TPSA) is 76.7 Å². The van der Waals surface area contributed by atoms with Gasteiger partial charge in [-0.05, 0) is 56.3 Å². The van der Waals surface area contributed by atoms with Crippen molar-refractivity contribution in [3.8, 4) is 11.5 Å². The Morgan fingerprint density at radius 1 is 1.25 bits per heavy atom. The molecule has 0 saturated heterocycles. The van der Waals surface area contributed by atoms with Crippen LogP contribution >= 0.6 is 0 Å². The summed E-state index contributed by atoms with van der Waals surface area (Å²) in [6.45, 7) is 4.17. The zero-order chi connectivity index (χ0) is 17.1. The lowest BCUT2D eigenvalue weighted by molar-refractivity contribution is -0.122. The summed E-state index contributed by atoms with van der Waals surface area (Å²) in [5, 5.41) is 5.54. The number of benzene rings is 2. The Labute approximate surface area is 139 Å². The second-order valence-electron chi connectivity index (χ2n) is 5.37. The van der Waals surface area contributed by atoms with Gasteiger partial charge in [-0.15, -0.1) is 0 Å². The fourth-order valence-corrected chi connectivity index (χ4v) is 2.35. The van der Waals surface area contributed by atoms with Crippen LogP contribution in [0.5, 0.6) is 11.5 Å². The number of hydrogen-bond donors (Lipinski definition) is 2. The molecule has 0 saturated carbocycles. The minimum Gasteiger partial charge on any atom is -0.494 e. The molecule has 0 spiro atoms. The van der Waals surface area contributed by atoms with E-state index in [4.69, 9.17) is 9.47 Å². The third-order valence-corrected chi connectivity index (χ3v) is 3.60. The van der Waals surface area contributed by atoms with Crippen molar-refractivity contribution in [1.29, 1.82) is 0 Å². The van der Waals surface area contributed by atoms with E-state index in [0.29, 0.717) is 29.3 Å². The van der Waals surface area contributed by atoms with Crippen LogP contribution in [0.1, 0.15) is 24.2 Å². The van der Waals surface area contributed by atoms with Gasteiger partial charge in [-0.2, -0.15) is 0 Å². The third kappa shape index (κ3) is 3.32. The molecule has 24 heavy (non-hydrogen) atoms. The van der Waals surface area contributed by atoms with Crippen LogP contribution in [0.15, 0.2) is 42.5 Å². The van der Waals surface area contributed by atoms with Gasteiger partial charge in [0.25, 0.3) is 11.8 Å². The summed E-state index contributed by atoms with van der Waals surface area (Å²) in [4.78, 5) is 24.0. The summed E-state index contributed by atoms with van der Waals surface area (Å²) in [6.07, 6.45) is -0.541. The van der Waals surface area contributed by atoms with E-state index < -0.39 is 6.10 Å². The van der Waals surface area contributed by atoms with Crippen molar-refractivity contribution in [2.45, 2.75) is 20.0 Å². The summed E-state index contributed by atoms with van der Waals surface area (Å²) in [5.41, 5.74) is 1.59. The molecule has 1 aliphatic rings. The van der Waals surface area contributed by atoms with Crippen LogP contribution in [0.25, 0.3) is 0 Å². The van der Waals surface area contributed by atoms with Crippen LogP contribution in [-0.2, 0) is 4.79 Å². The maximum Gasteiger partial charge on any atom is 0.265 e. The molecular formula is C18H18N2O4. The van der Waals surface area contributed by atoms with Crippen molar-refractivity contribution in [3.05, 3.63) is 48.0 Å². The van der Waals surface area contributed by atoms with Crippen LogP contribution in [0.3, 0.4) is 0 Å². The number of amides is 2. The van der Waals surface area contributed by atoms with E-state index in [9.17, 15) is 9.59 Å². The molecule has 1 heterocycles. The lowest BCUT2D eigenvalue weighted by Gasteiger charge is -2.23. The zero-order valence-corrected chi connectivity index (χ0v) is 13.5. The van der Waals surface area contributed by atoms with Crippen LogP contribution in [-0.4, -0.2) is 24.5 Å². The summed E-state index contributed by atoms with van der Waals surface area (Å²) >= 11 is 0. The van der Waals surface area contributed by atoms with Crippen LogP contribution in [0, 0.1) is 0 Å². The molecule has 0 fully saturated rings. The van der Waals surface area contributed by atoms with Gasteiger partial charge in [0.1, 0.15) is 11.5 Å². The maximum absolute atomic E-state index is 12.4. The molecule has 0 radical (unpaired) electrons. The molecule has 3 rings (SSSR count). The number of carbonyl (C=O) groups is 2. The molecule has 2 amide bonds.